The van der Waals surface area contributed by atoms with Gasteiger partial charge in [0.2, 0.25) is 0 Å². The van der Waals surface area contributed by atoms with Gasteiger partial charge in [0, 0.05) is 24.7 Å². The fraction of sp³-hybridized carbons (Fsp3) is 0.421. The van der Waals surface area contributed by atoms with Crippen LogP contribution in [-0.2, 0) is 9.53 Å². The second kappa shape index (κ2) is 7.09. The smallest absolute Gasteiger partial charge is 0.341 e. The molecule has 1 aromatic carbocycles. The Bertz CT molecular complexity index is 805. The fourth-order valence-corrected chi connectivity index (χ4v) is 3.54. The van der Waals surface area contributed by atoms with E-state index < -0.39 is 17.9 Å². The van der Waals surface area contributed by atoms with E-state index in [2.05, 4.69) is 4.98 Å². The van der Waals surface area contributed by atoms with Gasteiger partial charge >= 0.3 is 11.9 Å². The van der Waals surface area contributed by atoms with Crippen LogP contribution in [0.4, 0.5) is 5.69 Å². The zero-order valence-corrected chi connectivity index (χ0v) is 14.4. The summed E-state index contributed by atoms with van der Waals surface area (Å²) in [5.41, 5.74) is 1.89. The summed E-state index contributed by atoms with van der Waals surface area (Å²) < 4.78 is 5.19. The highest BCUT2D eigenvalue weighted by atomic mass is 16.5. The molecule has 6 nitrogen and oxygen atoms in total. The van der Waals surface area contributed by atoms with Gasteiger partial charge < -0.3 is 14.7 Å². The summed E-state index contributed by atoms with van der Waals surface area (Å²) in [5, 5.41) is 10.3. The molecule has 1 aliphatic heterocycles. The van der Waals surface area contributed by atoms with E-state index in [9.17, 15) is 14.7 Å². The van der Waals surface area contributed by atoms with Crippen molar-refractivity contribution in [1.82, 2.24) is 4.98 Å². The Morgan fingerprint density at radius 2 is 2.08 bits per heavy atom. The first-order valence-corrected chi connectivity index (χ1v) is 8.53. The van der Waals surface area contributed by atoms with Crippen molar-refractivity contribution in [1.29, 1.82) is 0 Å². The van der Waals surface area contributed by atoms with Gasteiger partial charge in [-0.05, 0) is 25.3 Å². The Kier molecular flexibility index (Phi) is 4.88. The van der Waals surface area contributed by atoms with Crippen molar-refractivity contribution in [2.75, 3.05) is 24.6 Å². The topological polar surface area (TPSA) is 79.7 Å². The molecule has 2 aromatic rings. The van der Waals surface area contributed by atoms with E-state index in [1.165, 1.54) is 6.20 Å². The predicted octanol–water partition coefficient (Wildman–Crippen LogP) is 2.96. The number of nitrogens with zero attached hydrogens (tertiary/aromatic N) is 2. The Balaban J connectivity index is 2.13. The highest BCUT2D eigenvalue weighted by molar-refractivity contribution is 6.05. The van der Waals surface area contributed by atoms with Crippen LogP contribution in [0.2, 0.25) is 0 Å². The third-order valence-corrected chi connectivity index (χ3v) is 4.57. The molecule has 6 heteroatoms. The summed E-state index contributed by atoms with van der Waals surface area (Å²) in [6.07, 6.45) is 2.17. The van der Waals surface area contributed by atoms with Crippen molar-refractivity contribution in [3.8, 4) is 0 Å². The molecular weight excluding hydrogens is 320 g/mol. The molecule has 0 amide bonds. The molecule has 1 aromatic heterocycles. The number of esters is 1. The average Bonchev–Trinajstić information content (AvgIpc) is 2.60. The summed E-state index contributed by atoms with van der Waals surface area (Å²) in [6.45, 7) is 5.15. The molecule has 25 heavy (non-hydrogen) atoms. The number of carboxylic acid groups (broad SMARTS) is 1. The second-order valence-corrected chi connectivity index (χ2v) is 6.54. The van der Waals surface area contributed by atoms with Crippen molar-refractivity contribution in [2.45, 2.75) is 20.3 Å². The molecule has 2 unspecified atom stereocenters. The SMILES string of the molecule is CCOC(=O)c1cnc2ccccc2c1N1CC(C)CC(C(=O)O)C1. The van der Waals surface area contributed by atoms with E-state index in [-0.39, 0.29) is 12.5 Å². The number of anilines is 1. The number of aromatic nitrogens is 1. The first-order chi connectivity index (χ1) is 12.0. The molecule has 1 N–H and O–H groups in total. The third-order valence-electron chi connectivity index (χ3n) is 4.57. The minimum Gasteiger partial charge on any atom is -0.481 e. The molecule has 2 heterocycles. The fourth-order valence-electron chi connectivity index (χ4n) is 3.54. The van der Waals surface area contributed by atoms with Gasteiger partial charge in [0.25, 0.3) is 0 Å². The summed E-state index contributed by atoms with van der Waals surface area (Å²) in [7, 11) is 0. The number of pyridine rings is 1. The Morgan fingerprint density at radius 3 is 2.80 bits per heavy atom. The molecule has 3 rings (SSSR count). The molecule has 0 aliphatic carbocycles. The summed E-state index contributed by atoms with van der Waals surface area (Å²) in [6, 6.07) is 7.58. The number of carbonyl (C=O) groups is 2. The number of ether oxygens (including phenoxy) is 1. The summed E-state index contributed by atoms with van der Waals surface area (Å²) >= 11 is 0. The number of carboxylic acids is 1. The van der Waals surface area contributed by atoms with Crippen molar-refractivity contribution >= 4 is 28.5 Å². The van der Waals surface area contributed by atoms with Crippen LogP contribution in [0.3, 0.4) is 0 Å². The lowest BCUT2D eigenvalue weighted by Crippen LogP contribution is -2.43. The zero-order chi connectivity index (χ0) is 18.0. The van der Waals surface area contributed by atoms with Gasteiger partial charge in [-0.3, -0.25) is 9.78 Å². The van der Waals surface area contributed by atoms with Crippen molar-refractivity contribution in [3.63, 3.8) is 0 Å². The third kappa shape index (κ3) is 3.43. The first-order valence-electron chi connectivity index (χ1n) is 8.53. The van der Waals surface area contributed by atoms with Crippen molar-refractivity contribution in [2.24, 2.45) is 11.8 Å². The highest BCUT2D eigenvalue weighted by Gasteiger charge is 2.32. The average molecular weight is 342 g/mol. The van der Waals surface area contributed by atoms with Crippen LogP contribution in [0.5, 0.6) is 0 Å². The molecular formula is C19H22N2O4. The van der Waals surface area contributed by atoms with E-state index >= 15 is 0 Å². The molecule has 0 spiro atoms. The number of benzene rings is 1. The quantitative estimate of drug-likeness (QED) is 0.861. The molecule has 1 saturated heterocycles. The molecule has 1 fully saturated rings. The van der Waals surface area contributed by atoms with Crippen LogP contribution in [0.1, 0.15) is 30.6 Å². The van der Waals surface area contributed by atoms with E-state index in [0.717, 1.165) is 16.6 Å². The number of aliphatic carboxylic acids is 1. The van der Waals surface area contributed by atoms with Crippen molar-refractivity contribution in [3.05, 3.63) is 36.0 Å². The van der Waals surface area contributed by atoms with Crippen LogP contribution >= 0.6 is 0 Å². The Hall–Kier alpha value is -2.63. The number of para-hydroxylation sites is 1. The van der Waals surface area contributed by atoms with Gasteiger partial charge in [0.05, 0.1) is 23.7 Å². The van der Waals surface area contributed by atoms with E-state index in [0.29, 0.717) is 25.1 Å². The number of carbonyl (C=O) groups excluding carboxylic acids is 1. The molecule has 132 valence electrons. The van der Waals surface area contributed by atoms with Gasteiger partial charge in [-0.15, -0.1) is 0 Å². The van der Waals surface area contributed by atoms with E-state index in [4.69, 9.17) is 4.74 Å². The lowest BCUT2D eigenvalue weighted by molar-refractivity contribution is -0.142. The monoisotopic (exact) mass is 342 g/mol. The van der Waals surface area contributed by atoms with E-state index in [1.807, 2.05) is 36.1 Å². The standard InChI is InChI=1S/C19H22N2O4/c1-3-25-19(24)15-9-20-16-7-5-4-6-14(16)17(15)21-10-12(2)8-13(11-21)18(22)23/h4-7,9,12-13H,3,8,10-11H2,1-2H3,(H,22,23). The Labute approximate surface area is 146 Å². The van der Waals surface area contributed by atoms with Crippen LogP contribution in [-0.4, -0.2) is 41.7 Å². The predicted molar refractivity (Wildman–Crippen MR) is 94.8 cm³/mol. The lowest BCUT2D eigenvalue weighted by Gasteiger charge is -2.37. The number of rotatable bonds is 4. The number of fused-ring (bicyclic) bond motifs is 1. The minimum atomic E-state index is -0.799. The van der Waals surface area contributed by atoms with Crippen molar-refractivity contribution < 1.29 is 19.4 Å². The molecule has 2 atom stereocenters. The molecule has 1 aliphatic rings. The van der Waals surface area contributed by atoms with Crippen LogP contribution in [0, 0.1) is 11.8 Å². The number of hydrogen-bond acceptors (Lipinski definition) is 5. The largest absolute Gasteiger partial charge is 0.481 e. The van der Waals surface area contributed by atoms with Gasteiger partial charge in [-0.25, -0.2) is 4.79 Å². The van der Waals surface area contributed by atoms with Gasteiger partial charge in [-0.1, -0.05) is 25.1 Å². The lowest BCUT2D eigenvalue weighted by atomic mass is 9.89. The van der Waals surface area contributed by atoms with Crippen LogP contribution in [0.25, 0.3) is 10.9 Å². The summed E-state index contributed by atoms with van der Waals surface area (Å²) in [4.78, 5) is 30.3. The van der Waals surface area contributed by atoms with Crippen LogP contribution in [0.15, 0.2) is 30.5 Å². The maximum atomic E-state index is 12.4. The molecule has 0 saturated carbocycles. The van der Waals surface area contributed by atoms with Crippen LogP contribution < -0.4 is 4.90 Å². The molecule has 0 bridgehead atoms. The zero-order valence-electron chi connectivity index (χ0n) is 14.4. The number of hydrogen-bond donors (Lipinski definition) is 1. The first kappa shape index (κ1) is 17.2. The maximum Gasteiger partial charge on any atom is 0.341 e. The molecule has 0 radical (unpaired) electrons. The highest BCUT2D eigenvalue weighted by Crippen LogP contribution is 2.34. The number of piperidine rings is 1. The minimum absolute atomic E-state index is 0.219. The van der Waals surface area contributed by atoms with Gasteiger partial charge in [-0.2, -0.15) is 0 Å². The van der Waals surface area contributed by atoms with Gasteiger partial charge in [0.1, 0.15) is 5.56 Å². The normalized spacial score (nSPS) is 20.5. The van der Waals surface area contributed by atoms with E-state index in [1.54, 1.807) is 6.92 Å². The van der Waals surface area contributed by atoms with Gasteiger partial charge in [0.15, 0.2) is 0 Å². The summed E-state index contributed by atoms with van der Waals surface area (Å²) in [5.74, 6) is -1.46. The Morgan fingerprint density at radius 1 is 1.32 bits per heavy atom. The second-order valence-electron chi connectivity index (χ2n) is 6.54. The maximum absolute atomic E-state index is 12.4.